The van der Waals surface area contributed by atoms with Gasteiger partial charge in [0.15, 0.2) is 0 Å². The highest BCUT2D eigenvalue weighted by molar-refractivity contribution is 6.12. The molecule has 0 spiro atoms. The third-order valence-corrected chi connectivity index (χ3v) is 6.18. The van der Waals surface area contributed by atoms with Gasteiger partial charge in [-0.1, -0.05) is 18.2 Å². The van der Waals surface area contributed by atoms with Crippen molar-refractivity contribution in [3.05, 3.63) is 90.0 Å². The summed E-state index contributed by atoms with van der Waals surface area (Å²) in [7, 11) is 2.09. The van der Waals surface area contributed by atoms with Gasteiger partial charge in [0, 0.05) is 45.3 Å². The van der Waals surface area contributed by atoms with Gasteiger partial charge in [-0.05, 0) is 60.7 Å². The summed E-state index contributed by atoms with van der Waals surface area (Å²) in [6, 6.07) is 30.9. The van der Waals surface area contributed by atoms with Crippen LogP contribution in [0.5, 0.6) is 0 Å². The predicted octanol–water partition coefficient (Wildman–Crippen LogP) is 6.17. The van der Waals surface area contributed by atoms with Gasteiger partial charge in [-0.2, -0.15) is 10.5 Å². The van der Waals surface area contributed by atoms with E-state index >= 15 is 0 Å². The monoisotopic (exact) mass is 396 g/mol. The van der Waals surface area contributed by atoms with Crippen LogP contribution in [-0.2, 0) is 7.05 Å². The Morgan fingerprint density at radius 3 is 1.77 bits per heavy atom. The van der Waals surface area contributed by atoms with Gasteiger partial charge >= 0.3 is 0 Å². The fourth-order valence-electron chi connectivity index (χ4n) is 4.74. The maximum atomic E-state index is 9.40. The molecule has 0 bridgehead atoms. The van der Waals surface area contributed by atoms with Crippen molar-refractivity contribution in [2.24, 2.45) is 7.05 Å². The van der Waals surface area contributed by atoms with E-state index in [1.165, 1.54) is 21.8 Å². The van der Waals surface area contributed by atoms with Crippen LogP contribution < -0.4 is 0 Å². The number of fused-ring (bicyclic) bond motifs is 6. The second-order valence-corrected chi connectivity index (χ2v) is 7.80. The minimum absolute atomic E-state index is 0.610. The summed E-state index contributed by atoms with van der Waals surface area (Å²) in [5.74, 6) is 0. The average Bonchev–Trinajstić information content (AvgIpc) is 3.30. The largest absolute Gasteiger partial charge is 0.344 e. The Morgan fingerprint density at radius 2 is 1.13 bits per heavy atom. The summed E-state index contributed by atoms with van der Waals surface area (Å²) in [6.45, 7) is 0. The number of nitrogens with zero attached hydrogens (tertiary/aromatic N) is 4. The molecule has 0 atom stereocenters. The van der Waals surface area contributed by atoms with Crippen LogP contribution in [0.25, 0.3) is 49.3 Å². The fraction of sp³-hybridized carbons (Fsp3) is 0.0370. The number of hydrogen-bond acceptors (Lipinski definition) is 2. The van der Waals surface area contributed by atoms with Gasteiger partial charge in [-0.25, -0.2) is 0 Å². The van der Waals surface area contributed by atoms with Crippen LogP contribution in [0.2, 0.25) is 0 Å². The molecule has 2 aromatic heterocycles. The number of benzene rings is 4. The molecule has 6 aromatic rings. The first kappa shape index (κ1) is 17.3. The molecule has 6 rings (SSSR count). The van der Waals surface area contributed by atoms with Gasteiger partial charge in [-0.15, -0.1) is 0 Å². The topological polar surface area (TPSA) is 57.4 Å². The Balaban J connectivity index is 1.75. The number of hydrogen-bond donors (Lipinski definition) is 0. The summed E-state index contributed by atoms with van der Waals surface area (Å²) in [6.07, 6.45) is 0. The Morgan fingerprint density at radius 1 is 0.581 bits per heavy atom. The first-order chi connectivity index (χ1) is 15.2. The highest BCUT2D eigenvalue weighted by Crippen LogP contribution is 2.35. The van der Waals surface area contributed by atoms with Crippen LogP contribution in [0, 0.1) is 22.7 Å². The molecule has 144 valence electrons. The van der Waals surface area contributed by atoms with Gasteiger partial charge in [-0.3, -0.25) is 0 Å². The van der Waals surface area contributed by atoms with E-state index in [1.807, 2.05) is 36.4 Å². The van der Waals surface area contributed by atoms with E-state index in [0.29, 0.717) is 11.1 Å². The Kier molecular flexibility index (Phi) is 3.48. The molecule has 4 heteroatoms. The van der Waals surface area contributed by atoms with Gasteiger partial charge in [0.2, 0.25) is 0 Å². The van der Waals surface area contributed by atoms with Crippen molar-refractivity contribution >= 4 is 43.6 Å². The zero-order valence-electron chi connectivity index (χ0n) is 16.8. The average molecular weight is 396 g/mol. The van der Waals surface area contributed by atoms with E-state index in [2.05, 4.69) is 70.8 Å². The molecule has 0 N–H and O–H groups in total. The molecule has 0 fully saturated rings. The summed E-state index contributed by atoms with van der Waals surface area (Å²) in [4.78, 5) is 0. The minimum atomic E-state index is 0.610. The van der Waals surface area contributed by atoms with E-state index in [-0.39, 0.29) is 0 Å². The number of para-hydroxylation sites is 1. The molecule has 0 aliphatic rings. The van der Waals surface area contributed by atoms with E-state index in [4.69, 9.17) is 0 Å². The molecule has 4 aromatic carbocycles. The summed E-state index contributed by atoms with van der Waals surface area (Å²) >= 11 is 0. The molecule has 2 heterocycles. The summed E-state index contributed by atoms with van der Waals surface area (Å²) < 4.78 is 4.44. The first-order valence-corrected chi connectivity index (χ1v) is 10.1. The van der Waals surface area contributed by atoms with E-state index in [0.717, 1.165) is 27.5 Å². The van der Waals surface area contributed by atoms with Crippen LogP contribution in [0.4, 0.5) is 0 Å². The number of nitriles is 2. The van der Waals surface area contributed by atoms with E-state index in [9.17, 15) is 10.5 Å². The highest BCUT2D eigenvalue weighted by atomic mass is 15.0. The minimum Gasteiger partial charge on any atom is -0.344 e. The molecule has 0 amide bonds. The molecular weight excluding hydrogens is 380 g/mol. The van der Waals surface area contributed by atoms with Crippen LogP contribution >= 0.6 is 0 Å². The lowest BCUT2D eigenvalue weighted by molar-refractivity contribution is 1.01. The van der Waals surface area contributed by atoms with Crippen LogP contribution in [-0.4, -0.2) is 9.13 Å². The molecule has 0 aliphatic carbocycles. The van der Waals surface area contributed by atoms with Gasteiger partial charge in [0.1, 0.15) is 0 Å². The lowest BCUT2D eigenvalue weighted by Gasteiger charge is -2.09. The molecular formula is C27H16N4. The summed E-state index contributed by atoms with van der Waals surface area (Å²) in [5.41, 5.74) is 6.70. The molecule has 0 saturated carbocycles. The molecule has 0 aliphatic heterocycles. The third-order valence-electron chi connectivity index (χ3n) is 6.18. The lowest BCUT2D eigenvalue weighted by atomic mass is 10.1. The van der Waals surface area contributed by atoms with Crippen molar-refractivity contribution in [2.45, 2.75) is 0 Å². The van der Waals surface area contributed by atoms with Gasteiger partial charge < -0.3 is 9.13 Å². The lowest BCUT2D eigenvalue weighted by Crippen LogP contribution is -1.94. The van der Waals surface area contributed by atoms with Crippen molar-refractivity contribution < 1.29 is 0 Å². The van der Waals surface area contributed by atoms with Crippen molar-refractivity contribution in [1.29, 1.82) is 10.5 Å². The fourth-order valence-corrected chi connectivity index (χ4v) is 4.74. The third kappa shape index (κ3) is 2.34. The Labute approximate surface area is 178 Å². The predicted molar refractivity (Wildman–Crippen MR) is 124 cm³/mol. The molecule has 31 heavy (non-hydrogen) atoms. The smallest absolute Gasteiger partial charge is 0.0991 e. The maximum Gasteiger partial charge on any atom is 0.0991 e. The zero-order chi connectivity index (χ0) is 21.1. The zero-order valence-corrected chi connectivity index (χ0v) is 16.8. The highest BCUT2D eigenvalue weighted by Gasteiger charge is 2.15. The Bertz CT molecular complexity index is 1700. The maximum absolute atomic E-state index is 9.40. The van der Waals surface area contributed by atoms with E-state index in [1.54, 1.807) is 0 Å². The second-order valence-electron chi connectivity index (χ2n) is 7.80. The van der Waals surface area contributed by atoms with Crippen molar-refractivity contribution in [1.82, 2.24) is 9.13 Å². The molecule has 4 nitrogen and oxygen atoms in total. The van der Waals surface area contributed by atoms with Crippen LogP contribution in [0.1, 0.15) is 11.1 Å². The Hall–Kier alpha value is -4.54. The molecule has 0 radical (unpaired) electrons. The van der Waals surface area contributed by atoms with Crippen molar-refractivity contribution in [3.63, 3.8) is 0 Å². The van der Waals surface area contributed by atoms with Gasteiger partial charge in [0.05, 0.1) is 34.3 Å². The number of aryl methyl sites for hydroxylation is 1. The molecule has 0 saturated heterocycles. The van der Waals surface area contributed by atoms with Crippen molar-refractivity contribution in [3.8, 4) is 17.8 Å². The van der Waals surface area contributed by atoms with Crippen molar-refractivity contribution in [2.75, 3.05) is 0 Å². The van der Waals surface area contributed by atoms with Crippen LogP contribution in [0.3, 0.4) is 0 Å². The first-order valence-electron chi connectivity index (χ1n) is 10.1. The second kappa shape index (κ2) is 6.23. The number of rotatable bonds is 1. The SMILES string of the molecule is Cn1c2ccccc2c2cc(-n3c4ccc(C#N)cc4c4cc(C#N)ccc43)ccc21. The standard InChI is InChI=1S/C27H16N4/c1-30-24-5-3-2-4-20(24)23-14-19(8-11-25(23)30)31-26-9-6-17(15-28)12-21(26)22-13-18(16-29)7-10-27(22)31/h2-14H,1H3. The summed E-state index contributed by atoms with van der Waals surface area (Å²) in [5, 5.41) is 23.2. The van der Waals surface area contributed by atoms with E-state index < -0.39 is 0 Å². The normalized spacial score (nSPS) is 11.3. The van der Waals surface area contributed by atoms with Gasteiger partial charge in [0.25, 0.3) is 0 Å². The van der Waals surface area contributed by atoms with Crippen LogP contribution in [0.15, 0.2) is 78.9 Å². The number of aromatic nitrogens is 2. The molecule has 0 unspecified atom stereocenters. The quantitative estimate of drug-likeness (QED) is 0.334.